The molecule has 1 saturated heterocycles. The second-order valence-corrected chi connectivity index (χ2v) is 5.50. The monoisotopic (exact) mass is 272 g/mol. The summed E-state index contributed by atoms with van der Waals surface area (Å²) in [5.74, 6) is 0.550. The Labute approximate surface area is 118 Å². The van der Waals surface area contributed by atoms with Crippen LogP contribution in [0.4, 0.5) is 0 Å². The van der Waals surface area contributed by atoms with E-state index in [1.807, 2.05) is 30.3 Å². The van der Waals surface area contributed by atoms with Crippen LogP contribution in [-0.2, 0) is 11.3 Å². The Balaban J connectivity index is 1.73. The van der Waals surface area contributed by atoms with Crippen molar-refractivity contribution in [2.24, 2.45) is 5.92 Å². The van der Waals surface area contributed by atoms with Crippen LogP contribution in [0.3, 0.4) is 0 Å². The van der Waals surface area contributed by atoms with Crippen molar-refractivity contribution < 1.29 is 4.74 Å². The van der Waals surface area contributed by atoms with Gasteiger partial charge < -0.3 is 15.0 Å². The summed E-state index contributed by atoms with van der Waals surface area (Å²) in [7, 11) is 0. The number of ether oxygens (including phenoxy) is 1. The number of pyridine rings is 1. The van der Waals surface area contributed by atoms with E-state index in [0.29, 0.717) is 18.5 Å². The Kier molecular flexibility index (Phi) is 3.85. The number of rotatable bonds is 4. The van der Waals surface area contributed by atoms with Crippen molar-refractivity contribution in [3.63, 3.8) is 0 Å². The molecule has 3 rings (SSSR count). The maximum atomic E-state index is 12.0. The van der Waals surface area contributed by atoms with Crippen LogP contribution >= 0.6 is 0 Å². The lowest BCUT2D eigenvalue weighted by atomic mass is 10.0. The average molecular weight is 272 g/mol. The van der Waals surface area contributed by atoms with E-state index >= 15 is 0 Å². The van der Waals surface area contributed by atoms with Crippen LogP contribution in [0, 0.1) is 5.92 Å². The molecule has 0 saturated carbocycles. The molecule has 0 amide bonds. The lowest BCUT2D eigenvalue weighted by molar-refractivity contribution is 0.178. The zero-order valence-corrected chi connectivity index (χ0v) is 11.7. The highest BCUT2D eigenvalue weighted by Gasteiger charge is 2.21. The summed E-state index contributed by atoms with van der Waals surface area (Å²) in [4.78, 5) is 15.0. The van der Waals surface area contributed by atoms with Crippen molar-refractivity contribution in [3.8, 4) is 0 Å². The van der Waals surface area contributed by atoms with Gasteiger partial charge in [0.05, 0.1) is 6.61 Å². The summed E-state index contributed by atoms with van der Waals surface area (Å²) in [5, 5.41) is 4.52. The molecule has 1 aromatic carbocycles. The first kappa shape index (κ1) is 13.3. The Morgan fingerprint density at radius 1 is 1.45 bits per heavy atom. The van der Waals surface area contributed by atoms with Gasteiger partial charge in [0, 0.05) is 30.3 Å². The first-order valence-electron chi connectivity index (χ1n) is 7.16. The molecule has 0 radical (unpaired) electrons. The third-order valence-corrected chi connectivity index (χ3v) is 4.12. The summed E-state index contributed by atoms with van der Waals surface area (Å²) in [5.41, 5.74) is 1.67. The van der Waals surface area contributed by atoms with Crippen LogP contribution < -0.4 is 10.9 Å². The SMILES string of the molecule is CC(NCc1cc2ccccc2[nH]c1=O)C1CCOC1. The number of hydrogen-bond acceptors (Lipinski definition) is 3. The van der Waals surface area contributed by atoms with Gasteiger partial charge in [0.25, 0.3) is 5.56 Å². The van der Waals surface area contributed by atoms with Crippen LogP contribution in [0.25, 0.3) is 10.9 Å². The van der Waals surface area contributed by atoms with Crippen LogP contribution in [0.15, 0.2) is 35.1 Å². The average Bonchev–Trinajstić information content (AvgIpc) is 2.99. The van der Waals surface area contributed by atoms with E-state index in [-0.39, 0.29) is 5.56 Å². The number of H-pyrrole nitrogens is 1. The fourth-order valence-electron chi connectivity index (χ4n) is 2.71. The van der Waals surface area contributed by atoms with Crippen molar-refractivity contribution in [1.29, 1.82) is 0 Å². The Morgan fingerprint density at radius 3 is 3.10 bits per heavy atom. The molecule has 2 atom stereocenters. The third-order valence-electron chi connectivity index (χ3n) is 4.12. The molecule has 1 aliphatic rings. The number of fused-ring (bicyclic) bond motifs is 1. The van der Waals surface area contributed by atoms with Gasteiger partial charge in [-0.05, 0) is 36.8 Å². The molecule has 20 heavy (non-hydrogen) atoms. The zero-order valence-electron chi connectivity index (χ0n) is 11.7. The quantitative estimate of drug-likeness (QED) is 0.895. The second kappa shape index (κ2) is 5.77. The minimum absolute atomic E-state index is 0.00827. The third kappa shape index (κ3) is 2.76. The van der Waals surface area contributed by atoms with Crippen LogP contribution in [0.2, 0.25) is 0 Å². The van der Waals surface area contributed by atoms with Gasteiger partial charge >= 0.3 is 0 Å². The van der Waals surface area contributed by atoms with E-state index in [1.54, 1.807) is 0 Å². The van der Waals surface area contributed by atoms with E-state index in [0.717, 1.165) is 36.1 Å². The van der Waals surface area contributed by atoms with E-state index in [4.69, 9.17) is 4.74 Å². The summed E-state index contributed by atoms with van der Waals surface area (Å²) in [6.45, 7) is 4.43. The van der Waals surface area contributed by atoms with Crippen molar-refractivity contribution >= 4 is 10.9 Å². The molecular weight excluding hydrogens is 252 g/mol. The highest BCUT2D eigenvalue weighted by molar-refractivity contribution is 5.78. The first-order chi connectivity index (χ1) is 9.74. The Morgan fingerprint density at radius 2 is 2.30 bits per heavy atom. The standard InChI is InChI=1S/C16H20N2O2/c1-11(13-6-7-20-10-13)17-9-14-8-12-4-2-3-5-15(12)18-16(14)19/h2-5,8,11,13,17H,6-7,9-10H2,1H3,(H,18,19). The van der Waals surface area contributed by atoms with E-state index < -0.39 is 0 Å². The molecule has 0 bridgehead atoms. The molecule has 1 aliphatic heterocycles. The topological polar surface area (TPSA) is 54.1 Å². The molecule has 4 nitrogen and oxygen atoms in total. The number of hydrogen-bond donors (Lipinski definition) is 2. The van der Waals surface area contributed by atoms with Gasteiger partial charge in [0.15, 0.2) is 0 Å². The van der Waals surface area contributed by atoms with Crippen molar-refractivity contribution in [1.82, 2.24) is 10.3 Å². The van der Waals surface area contributed by atoms with E-state index in [1.165, 1.54) is 0 Å². The predicted octanol–water partition coefficient (Wildman–Crippen LogP) is 2.04. The van der Waals surface area contributed by atoms with Crippen molar-refractivity contribution in [2.75, 3.05) is 13.2 Å². The molecule has 2 unspecified atom stereocenters. The summed E-state index contributed by atoms with van der Waals surface area (Å²) in [6, 6.07) is 10.2. The van der Waals surface area contributed by atoms with Crippen LogP contribution in [0.5, 0.6) is 0 Å². The molecule has 2 heterocycles. The highest BCUT2D eigenvalue weighted by Crippen LogP contribution is 2.17. The molecule has 1 fully saturated rings. The minimum atomic E-state index is -0.00827. The number of aromatic amines is 1. The summed E-state index contributed by atoms with van der Waals surface area (Å²) < 4.78 is 5.40. The first-order valence-corrected chi connectivity index (χ1v) is 7.16. The lowest BCUT2D eigenvalue weighted by Crippen LogP contribution is -2.34. The molecule has 4 heteroatoms. The maximum absolute atomic E-state index is 12.0. The van der Waals surface area contributed by atoms with E-state index in [2.05, 4.69) is 17.2 Å². The minimum Gasteiger partial charge on any atom is -0.381 e. The fraction of sp³-hybridized carbons (Fsp3) is 0.438. The normalized spacial score (nSPS) is 20.4. The molecule has 0 spiro atoms. The van der Waals surface area contributed by atoms with Gasteiger partial charge in [-0.25, -0.2) is 0 Å². The van der Waals surface area contributed by atoms with Gasteiger partial charge in [-0.15, -0.1) is 0 Å². The zero-order chi connectivity index (χ0) is 13.9. The number of benzene rings is 1. The highest BCUT2D eigenvalue weighted by atomic mass is 16.5. The van der Waals surface area contributed by atoms with Gasteiger partial charge in [-0.1, -0.05) is 18.2 Å². The second-order valence-electron chi connectivity index (χ2n) is 5.50. The molecule has 2 N–H and O–H groups in total. The summed E-state index contributed by atoms with van der Waals surface area (Å²) >= 11 is 0. The number of para-hydroxylation sites is 1. The van der Waals surface area contributed by atoms with Crippen molar-refractivity contribution in [3.05, 3.63) is 46.2 Å². The fourth-order valence-corrected chi connectivity index (χ4v) is 2.71. The predicted molar refractivity (Wildman–Crippen MR) is 79.8 cm³/mol. The number of aromatic nitrogens is 1. The molecule has 0 aliphatic carbocycles. The summed E-state index contributed by atoms with van der Waals surface area (Å²) in [6.07, 6.45) is 1.10. The number of nitrogens with one attached hydrogen (secondary N) is 2. The maximum Gasteiger partial charge on any atom is 0.252 e. The lowest BCUT2D eigenvalue weighted by Gasteiger charge is -2.19. The van der Waals surface area contributed by atoms with Gasteiger partial charge in [-0.2, -0.15) is 0 Å². The Hall–Kier alpha value is -1.65. The van der Waals surface area contributed by atoms with Crippen LogP contribution in [0.1, 0.15) is 18.9 Å². The van der Waals surface area contributed by atoms with Gasteiger partial charge in [0.2, 0.25) is 0 Å². The molecular formula is C16H20N2O2. The molecule has 106 valence electrons. The van der Waals surface area contributed by atoms with Crippen molar-refractivity contribution in [2.45, 2.75) is 25.9 Å². The van der Waals surface area contributed by atoms with Crippen LogP contribution in [-0.4, -0.2) is 24.2 Å². The molecule has 1 aromatic heterocycles. The largest absolute Gasteiger partial charge is 0.381 e. The Bertz CT molecular complexity index is 644. The molecule has 2 aromatic rings. The van der Waals surface area contributed by atoms with Gasteiger partial charge in [0.1, 0.15) is 0 Å². The smallest absolute Gasteiger partial charge is 0.252 e. The van der Waals surface area contributed by atoms with Gasteiger partial charge in [-0.3, -0.25) is 4.79 Å². The van der Waals surface area contributed by atoms with E-state index in [9.17, 15) is 4.79 Å².